The number of ether oxygens (including phenoxy) is 1. The van der Waals surface area contributed by atoms with Gasteiger partial charge in [-0.1, -0.05) is 5.57 Å². The first-order valence-electron chi connectivity index (χ1n) is 5.37. The summed E-state index contributed by atoms with van der Waals surface area (Å²) in [6, 6.07) is 0.485. The van der Waals surface area contributed by atoms with Crippen LogP contribution in [0.4, 0.5) is 0 Å². The normalized spacial score (nSPS) is 26.1. The minimum absolute atomic E-state index is 0.399. The second kappa shape index (κ2) is 5.88. The summed E-state index contributed by atoms with van der Waals surface area (Å²) >= 11 is 0. The smallest absolute Gasteiger partial charge is 0.328 e. The molecule has 86 valence electrons. The number of nitrogens with one attached hydrogen (secondary N) is 1. The average molecular weight is 213 g/mol. The fraction of sp³-hybridized carbons (Fsp3) is 0.727. The molecule has 0 aromatic carbocycles. The van der Waals surface area contributed by atoms with E-state index in [1.54, 1.807) is 0 Å². The highest BCUT2D eigenvalue weighted by Crippen LogP contribution is 2.23. The van der Waals surface area contributed by atoms with Gasteiger partial charge < -0.3 is 15.2 Å². The van der Waals surface area contributed by atoms with Crippen LogP contribution in [0.25, 0.3) is 0 Å². The molecule has 1 aliphatic carbocycles. The van der Waals surface area contributed by atoms with Gasteiger partial charge in [-0.05, 0) is 26.7 Å². The Bertz CT molecular complexity index is 244. The van der Waals surface area contributed by atoms with Crippen molar-refractivity contribution in [3.63, 3.8) is 0 Å². The summed E-state index contributed by atoms with van der Waals surface area (Å²) in [4.78, 5) is 10.4. The molecule has 2 N–H and O–H groups in total. The fourth-order valence-corrected chi connectivity index (χ4v) is 1.67. The van der Waals surface area contributed by atoms with E-state index in [2.05, 4.69) is 5.32 Å². The van der Waals surface area contributed by atoms with Crippen LogP contribution >= 0.6 is 0 Å². The van der Waals surface area contributed by atoms with E-state index in [0.29, 0.717) is 18.7 Å². The first-order valence-corrected chi connectivity index (χ1v) is 5.37. The van der Waals surface area contributed by atoms with Gasteiger partial charge in [-0.15, -0.1) is 0 Å². The summed E-state index contributed by atoms with van der Waals surface area (Å²) in [5.74, 6) is -0.880. The van der Waals surface area contributed by atoms with Gasteiger partial charge in [0.25, 0.3) is 0 Å². The topological polar surface area (TPSA) is 58.6 Å². The highest BCUT2D eigenvalue weighted by Gasteiger charge is 2.28. The molecule has 0 bridgehead atoms. The van der Waals surface area contributed by atoms with Crippen LogP contribution in [0.2, 0.25) is 0 Å². The molecule has 15 heavy (non-hydrogen) atoms. The molecule has 0 aromatic heterocycles. The molecule has 0 atom stereocenters. The van der Waals surface area contributed by atoms with E-state index in [0.717, 1.165) is 25.0 Å². The van der Waals surface area contributed by atoms with Crippen LogP contribution in [0.1, 0.15) is 26.7 Å². The van der Waals surface area contributed by atoms with E-state index >= 15 is 0 Å². The maximum atomic E-state index is 10.4. The zero-order chi connectivity index (χ0) is 11.3. The second-order valence-corrected chi connectivity index (χ2v) is 3.96. The Morgan fingerprint density at radius 3 is 2.80 bits per heavy atom. The van der Waals surface area contributed by atoms with Crippen molar-refractivity contribution in [3.8, 4) is 0 Å². The standard InChI is InChI=1S/C11H19NO3/c1-3-15-10-5-9(6-10)12-7-8(2)4-11(13)14/h4,9-10,12H,3,5-7H2,1-2H3,(H,13,14). The van der Waals surface area contributed by atoms with Crippen LogP contribution in [0.3, 0.4) is 0 Å². The number of carbonyl (C=O) groups is 1. The number of rotatable bonds is 6. The quantitative estimate of drug-likeness (QED) is 0.650. The monoisotopic (exact) mass is 213 g/mol. The predicted octanol–water partition coefficient (Wildman–Crippen LogP) is 1.17. The number of aliphatic carboxylic acids is 1. The maximum Gasteiger partial charge on any atom is 0.328 e. The average Bonchev–Trinajstić information content (AvgIpc) is 2.07. The van der Waals surface area contributed by atoms with Crippen LogP contribution in [-0.2, 0) is 9.53 Å². The molecule has 0 radical (unpaired) electrons. The van der Waals surface area contributed by atoms with Crippen molar-refractivity contribution in [1.29, 1.82) is 0 Å². The maximum absolute atomic E-state index is 10.4. The lowest BCUT2D eigenvalue weighted by Crippen LogP contribution is -2.45. The Balaban J connectivity index is 2.10. The van der Waals surface area contributed by atoms with Gasteiger partial charge in [0.05, 0.1) is 6.10 Å². The summed E-state index contributed by atoms with van der Waals surface area (Å²) in [5, 5.41) is 11.8. The molecule has 1 rings (SSSR count). The van der Waals surface area contributed by atoms with Gasteiger partial charge in [-0.25, -0.2) is 4.79 Å². The van der Waals surface area contributed by atoms with Crippen molar-refractivity contribution < 1.29 is 14.6 Å². The highest BCUT2D eigenvalue weighted by atomic mass is 16.5. The number of carboxylic acid groups (broad SMARTS) is 1. The second-order valence-electron chi connectivity index (χ2n) is 3.96. The summed E-state index contributed by atoms with van der Waals surface area (Å²) in [5.41, 5.74) is 0.849. The third-order valence-electron chi connectivity index (χ3n) is 2.54. The van der Waals surface area contributed by atoms with Crippen LogP contribution in [0.15, 0.2) is 11.6 Å². The Morgan fingerprint density at radius 2 is 2.27 bits per heavy atom. The molecular weight excluding hydrogens is 194 g/mol. The summed E-state index contributed by atoms with van der Waals surface area (Å²) in [7, 11) is 0. The summed E-state index contributed by atoms with van der Waals surface area (Å²) in [6.07, 6.45) is 3.71. The SMILES string of the molecule is CCOC1CC(NCC(C)=CC(=O)O)C1. The first-order chi connectivity index (χ1) is 7.11. The summed E-state index contributed by atoms with van der Waals surface area (Å²) in [6.45, 7) is 5.24. The predicted molar refractivity (Wildman–Crippen MR) is 57.8 cm³/mol. The van der Waals surface area contributed by atoms with Crippen molar-refractivity contribution in [2.75, 3.05) is 13.2 Å². The van der Waals surface area contributed by atoms with Gasteiger partial charge in [0, 0.05) is 25.3 Å². The molecule has 1 aliphatic rings. The number of hydrogen-bond donors (Lipinski definition) is 2. The van der Waals surface area contributed by atoms with Crippen LogP contribution in [-0.4, -0.2) is 36.4 Å². The van der Waals surface area contributed by atoms with Crippen LogP contribution in [0, 0.1) is 0 Å². The molecule has 4 nitrogen and oxygen atoms in total. The van der Waals surface area contributed by atoms with Gasteiger partial charge in [-0.3, -0.25) is 0 Å². The van der Waals surface area contributed by atoms with Crippen molar-refractivity contribution >= 4 is 5.97 Å². The van der Waals surface area contributed by atoms with E-state index in [1.807, 2.05) is 13.8 Å². The first kappa shape index (κ1) is 12.2. The van der Waals surface area contributed by atoms with Crippen molar-refractivity contribution in [2.45, 2.75) is 38.8 Å². The molecule has 0 unspecified atom stereocenters. The molecule has 0 aliphatic heterocycles. The molecule has 0 aromatic rings. The van der Waals surface area contributed by atoms with Gasteiger partial charge in [0.15, 0.2) is 0 Å². The summed E-state index contributed by atoms with van der Waals surface area (Å²) < 4.78 is 5.43. The Labute approximate surface area is 90.3 Å². The third-order valence-corrected chi connectivity index (χ3v) is 2.54. The van der Waals surface area contributed by atoms with Crippen molar-refractivity contribution in [1.82, 2.24) is 5.32 Å². The van der Waals surface area contributed by atoms with Gasteiger partial charge in [-0.2, -0.15) is 0 Å². The van der Waals surface area contributed by atoms with Crippen LogP contribution in [0.5, 0.6) is 0 Å². The molecule has 1 saturated carbocycles. The van der Waals surface area contributed by atoms with E-state index < -0.39 is 5.97 Å². The lowest BCUT2D eigenvalue weighted by Gasteiger charge is -2.35. The number of carboxylic acids is 1. The van der Waals surface area contributed by atoms with Crippen molar-refractivity contribution in [2.24, 2.45) is 0 Å². The highest BCUT2D eigenvalue weighted by molar-refractivity contribution is 5.80. The minimum atomic E-state index is -0.880. The molecule has 0 heterocycles. The van der Waals surface area contributed by atoms with Gasteiger partial charge in [0.2, 0.25) is 0 Å². The lowest BCUT2D eigenvalue weighted by atomic mass is 9.89. The molecular formula is C11H19NO3. The van der Waals surface area contributed by atoms with E-state index in [4.69, 9.17) is 9.84 Å². The van der Waals surface area contributed by atoms with Crippen LogP contribution < -0.4 is 5.32 Å². The molecule has 1 fully saturated rings. The van der Waals surface area contributed by atoms with E-state index in [1.165, 1.54) is 6.08 Å². The third kappa shape index (κ3) is 4.44. The Hall–Kier alpha value is -0.870. The molecule has 4 heteroatoms. The zero-order valence-corrected chi connectivity index (χ0v) is 9.32. The fourth-order valence-electron chi connectivity index (χ4n) is 1.67. The van der Waals surface area contributed by atoms with E-state index in [9.17, 15) is 4.79 Å². The molecule has 0 amide bonds. The Kier molecular flexibility index (Phi) is 4.78. The molecule has 0 saturated heterocycles. The minimum Gasteiger partial charge on any atom is -0.478 e. The molecule has 0 spiro atoms. The zero-order valence-electron chi connectivity index (χ0n) is 9.32. The largest absolute Gasteiger partial charge is 0.478 e. The number of hydrogen-bond acceptors (Lipinski definition) is 3. The lowest BCUT2D eigenvalue weighted by molar-refractivity contribution is -0.131. The Morgan fingerprint density at radius 1 is 1.60 bits per heavy atom. The van der Waals surface area contributed by atoms with Gasteiger partial charge >= 0.3 is 5.97 Å². The van der Waals surface area contributed by atoms with E-state index in [-0.39, 0.29) is 0 Å². The van der Waals surface area contributed by atoms with Crippen molar-refractivity contribution in [3.05, 3.63) is 11.6 Å². The van der Waals surface area contributed by atoms with Gasteiger partial charge in [0.1, 0.15) is 0 Å².